The Labute approximate surface area is 170 Å². The van der Waals surface area contributed by atoms with Gasteiger partial charge in [0.2, 0.25) is 0 Å². The van der Waals surface area contributed by atoms with Gasteiger partial charge in [0, 0.05) is 17.1 Å². The summed E-state index contributed by atoms with van der Waals surface area (Å²) in [6.45, 7) is 3.92. The van der Waals surface area contributed by atoms with Crippen LogP contribution in [0.4, 0.5) is 11.4 Å². The Morgan fingerprint density at radius 2 is 1.68 bits per heavy atom. The lowest BCUT2D eigenvalue weighted by Crippen LogP contribution is -2.23. The Kier molecular flexibility index (Phi) is 4.73. The van der Waals surface area contributed by atoms with Gasteiger partial charge in [-0.15, -0.1) is 4.40 Å². The molecule has 3 aromatic carbocycles. The van der Waals surface area contributed by atoms with Crippen LogP contribution < -0.4 is 4.90 Å². The van der Waals surface area contributed by atoms with Crippen LogP contribution in [-0.2, 0) is 16.4 Å². The summed E-state index contributed by atoms with van der Waals surface area (Å²) < 4.78 is 30.1. The van der Waals surface area contributed by atoms with Gasteiger partial charge in [0.05, 0.1) is 10.6 Å². The van der Waals surface area contributed by atoms with Crippen LogP contribution in [0.3, 0.4) is 0 Å². The highest BCUT2D eigenvalue weighted by atomic mass is 35.5. The van der Waals surface area contributed by atoms with Gasteiger partial charge in [0.25, 0.3) is 10.0 Å². The predicted molar refractivity (Wildman–Crippen MR) is 114 cm³/mol. The lowest BCUT2D eigenvalue weighted by molar-refractivity contribution is 0.598. The third-order valence-corrected chi connectivity index (χ3v) is 6.25. The predicted octanol–water partition coefficient (Wildman–Crippen LogP) is 5.44. The van der Waals surface area contributed by atoms with Crippen molar-refractivity contribution in [2.45, 2.75) is 25.2 Å². The van der Waals surface area contributed by atoms with Crippen molar-refractivity contribution < 1.29 is 8.42 Å². The second-order valence-electron chi connectivity index (χ2n) is 6.92. The molecule has 0 bridgehead atoms. The molecule has 0 amide bonds. The van der Waals surface area contributed by atoms with E-state index in [4.69, 9.17) is 11.6 Å². The Morgan fingerprint density at radius 3 is 2.39 bits per heavy atom. The van der Waals surface area contributed by atoms with Crippen molar-refractivity contribution in [3.63, 3.8) is 0 Å². The van der Waals surface area contributed by atoms with Crippen LogP contribution in [-0.4, -0.2) is 14.3 Å². The van der Waals surface area contributed by atoms with Crippen LogP contribution in [0.15, 0.2) is 76.0 Å². The monoisotopic (exact) mass is 410 g/mol. The number of nitrogens with zero attached hydrogens (tertiary/aromatic N) is 2. The number of rotatable bonds is 3. The maximum atomic E-state index is 12.9. The summed E-state index contributed by atoms with van der Waals surface area (Å²) in [5, 5.41) is 0.616. The molecular weight excluding hydrogens is 392 g/mol. The molecule has 0 unspecified atom stereocenters. The number of hydrogen-bond donors (Lipinski definition) is 0. The molecule has 0 aliphatic carbocycles. The van der Waals surface area contributed by atoms with Crippen LogP contribution in [0.25, 0.3) is 0 Å². The highest BCUT2D eigenvalue weighted by Gasteiger charge is 2.29. The molecule has 0 fully saturated rings. The van der Waals surface area contributed by atoms with E-state index in [1.807, 2.05) is 55.1 Å². The van der Waals surface area contributed by atoms with Crippen molar-refractivity contribution >= 4 is 38.8 Å². The molecule has 1 aliphatic rings. The average molecular weight is 411 g/mol. The zero-order valence-electron chi connectivity index (χ0n) is 15.6. The lowest BCUT2D eigenvalue weighted by Gasteiger charge is -2.21. The van der Waals surface area contributed by atoms with E-state index in [1.165, 1.54) is 0 Å². The molecule has 0 saturated heterocycles. The first kappa shape index (κ1) is 18.7. The van der Waals surface area contributed by atoms with Gasteiger partial charge in [-0.3, -0.25) is 4.90 Å². The Hall–Kier alpha value is -2.63. The molecule has 1 heterocycles. The zero-order valence-corrected chi connectivity index (χ0v) is 17.1. The first-order chi connectivity index (χ1) is 13.3. The third kappa shape index (κ3) is 3.55. The van der Waals surface area contributed by atoms with E-state index in [2.05, 4.69) is 4.40 Å². The molecule has 4 rings (SSSR count). The van der Waals surface area contributed by atoms with Crippen molar-refractivity contribution in [2.24, 2.45) is 4.40 Å². The molecule has 0 radical (unpaired) electrons. The molecule has 4 nitrogen and oxygen atoms in total. The van der Waals surface area contributed by atoms with Gasteiger partial charge in [0.1, 0.15) is 5.84 Å². The zero-order chi connectivity index (χ0) is 19.9. The molecule has 3 aromatic rings. The van der Waals surface area contributed by atoms with E-state index in [0.29, 0.717) is 17.3 Å². The minimum absolute atomic E-state index is 0.184. The largest absolute Gasteiger partial charge is 0.297 e. The summed E-state index contributed by atoms with van der Waals surface area (Å²) >= 11 is 6.16. The van der Waals surface area contributed by atoms with Gasteiger partial charge in [-0.2, -0.15) is 8.42 Å². The highest BCUT2D eigenvalue weighted by Crippen LogP contribution is 2.38. The van der Waals surface area contributed by atoms with Crippen LogP contribution in [0.1, 0.15) is 16.7 Å². The summed E-state index contributed by atoms with van der Waals surface area (Å²) in [6, 6.07) is 20.2. The summed E-state index contributed by atoms with van der Waals surface area (Å²) in [7, 11) is -3.83. The molecular formula is C22H19ClN2O2S. The van der Waals surface area contributed by atoms with Crippen molar-refractivity contribution in [3.8, 4) is 0 Å². The number of aryl methyl sites for hydroxylation is 2. The van der Waals surface area contributed by atoms with Crippen molar-refractivity contribution in [2.75, 3.05) is 4.90 Å². The van der Waals surface area contributed by atoms with E-state index >= 15 is 0 Å². The van der Waals surface area contributed by atoms with Crippen LogP contribution in [0, 0.1) is 13.8 Å². The fraction of sp³-hybridized carbons (Fsp3) is 0.136. The van der Waals surface area contributed by atoms with E-state index in [-0.39, 0.29) is 4.90 Å². The van der Waals surface area contributed by atoms with Crippen molar-refractivity contribution in [1.82, 2.24) is 0 Å². The maximum Gasteiger partial charge on any atom is 0.283 e. The summed E-state index contributed by atoms with van der Waals surface area (Å²) in [5.41, 5.74) is 4.80. The van der Waals surface area contributed by atoms with E-state index in [9.17, 15) is 8.42 Å². The first-order valence-electron chi connectivity index (χ1n) is 8.89. The SMILES string of the molecule is Cc1ccc(S(=O)(=O)/N=C2/Cc3cc(Cl)ccc3N2c2cccc(C)c2)cc1. The normalized spacial score (nSPS) is 15.1. The topological polar surface area (TPSA) is 49.7 Å². The standard InChI is InChI=1S/C22H19ClN2O2S/c1-15-6-9-20(10-7-15)28(26,27)24-22-14-17-13-18(23)8-11-21(17)25(22)19-5-3-4-16(2)12-19/h3-13H,14H2,1-2H3/b24-22-. The van der Waals surface area contributed by atoms with Gasteiger partial charge < -0.3 is 0 Å². The average Bonchev–Trinajstić information content (AvgIpc) is 2.98. The molecule has 0 spiro atoms. The molecule has 6 heteroatoms. The van der Waals surface area contributed by atoms with Crippen molar-refractivity contribution in [1.29, 1.82) is 0 Å². The summed E-state index contributed by atoms with van der Waals surface area (Å²) in [6.07, 6.45) is 0.398. The molecule has 0 aromatic heterocycles. The minimum atomic E-state index is -3.83. The Morgan fingerprint density at radius 1 is 0.929 bits per heavy atom. The van der Waals surface area contributed by atoms with Crippen LogP contribution in [0.5, 0.6) is 0 Å². The van der Waals surface area contributed by atoms with Crippen LogP contribution in [0.2, 0.25) is 5.02 Å². The fourth-order valence-electron chi connectivity index (χ4n) is 3.33. The smallest absolute Gasteiger partial charge is 0.283 e. The number of anilines is 2. The highest BCUT2D eigenvalue weighted by molar-refractivity contribution is 7.90. The van der Waals surface area contributed by atoms with E-state index in [1.54, 1.807) is 30.3 Å². The minimum Gasteiger partial charge on any atom is -0.297 e. The first-order valence-corrected chi connectivity index (χ1v) is 10.7. The maximum absolute atomic E-state index is 12.9. The van der Waals surface area contributed by atoms with E-state index < -0.39 is 10.0 Å². The molecule has 0 saturated carbocycles. The number of amidine groups is 1. The lowest BCUT2D eigenvalue weighted by atomic mass is 10.1. The van der Waals surface area contributed by atoms with Gasteiger partial charge in [-0.1, -0.05) is 41.4 Å². The van der Waals surface area contributed by atoms with Gasteiger partial charge in [-0.05, 0) is 67.4 Å². The second kappa shape index (κ2) is 7.08. The molecule has 1 aliphatic heterocycles. The van der Waals surface area contributed by atoms with Crippen LogP contribution >= 0.6 is 11.6 Å². The summed E-state index contributed by atoms with van der Waals surface area (Å²) in [5.74, 6) is 0.462. The Balaban J connectivity index is 1.85. The van der Waals surface area contributed by atoms with Gasteiger partial charge in [0.15, 0.2) is 0 Å². The number of halogens is 1. The molecule has 0 atom stereocenters. The number of hydrogen-bond acceptors (Lipinski definition) is 2. The number of sulfonamides is 1. The molecule has 0 N–H and O–H groups in total. The third-order valence-electron chi connectivity index (χ3n) is 4.69. The Bertz CT molecular complexity index is 1190. The van der Waals surface area contributed by atoms with Gasteiger partial charge >= 0.3 is 0 Å². The van der Waals surface area contributed by atoms with E-state index in [0.717, 1.165) is 28.1 Å². The second-order valence-corrected chi connectivity index (χ2v) is 8.96. The molecule has 142 valence electrons. The van der Waals surface area contributed by atoms with Gasteiger partial charge in [-0.25, -0.2) is 0 Å². The summed E-state index contributed by atoms with van der Waals surface area (Å²) in [4.78, 5) is 2.08. The fourth-order valence-corrected chi connectivity index (χ4v) is 4.54. The number of benzene rings is 3. The number of fused-ring (bicyclic) bond motifs is 1. The van der Waals surface area contributed by atoms with Crippen molar-refractivity contribution in [3.05, 3.63) is 88.4 Å². The molecule has 28 heavy (non-hydrogen) atoms. The quantitative estimate of drug-likeness (QED) is 0.577.